The van der Waals surface area contributed by atoms with Crippen LogP contribution < -0.4 is 5.32 Å². The van der Waals surface area contributed by atoms with Crippen molar-refractivity contribution in [2.75, 3.05) is 13.2 Å². The van der Waals surface area contributed by atoms with Gasteiger partial charge in [-0.1, -0.05) is 0 Å². The van der Waals surface area contributed by atoms with Gasteiger partial charge in [-0.25, -0.2) is 4.79 Å². The highest BCUT2D eigenvalue weighted by Crippen LogP contribution is 2.64. The monoisotopic (exact) mass is 403 g/mol. The van der Waals surface area contributed by atoms with E-state index in [0.29, 0.717) is 30.6 Å². The second kappa shape index (κ2) is 6.58. The quantitative estimate of drug-likeness (QED) is 0.617. The molecule has 4 bridgehead atoms. The number of likely N-dealkylation sites (tertiary alicyclic amines) is 1. The summed E-state index contributed by atoms with van der Waals surface area (Å²) in [5, 5.41) is 31.0. The van der Waals surface area contributed by atoms with Crippen molar-refractivity contribution in [3.63, 3.8) is 0 Å². The average Bonchev–Trinajstić information content (AvgIpc) is 3.32. The summed E-state index contributed by atoms with van der Waals surface area (Å²) >= 11 is 0. The van der Waals surface area contributed by atoms with Gasteiger partial charge in [-0.3, -0.25) is 4.79 Å². The number of piperidine rings is 1. The number of nitrogens with zero attached hydrogens (tertiary/aromatic N) is 2. The van der Waals surface area contributed by atoms with Gasteiger partial charge >= 0.3 is 6.09 Å². The van der Waals surface area contributed by atoms with Crippen molar-refractivity contribution in [2.45, 2.75) is 75.1 Å². The number of aliphatic hydroxyl groups excluding tert-OH is 1. The van der Waals surface area contributed by atoms with Gasteiger partial charge in [0.25, 0.3) is 0 Å². The van der Waals surface area contributed by atoms with Crippen LogP contribution in [0.4, 0.5) is 4.79 Å². The van der Waals surface area contributed by atoms with Crippen LogP contribution in [0.25, 0.3) is 0 Å². The number of amides is 2. The van der Waals surface area contributed by atoms with Crippen LogP contribution in [-0.4, -0.2) is 64.1 Å². The molecule has 8 heteroatoms. The molecule has 8 nitrogen and oxygen atoms in total. The predicted molar refractivity (Wildman–Crippen MR) is 101 cm³/mol. The number of carboxylic acid groups (broad SMARTS) is 1. The van der Waals surface area contributed by atoms with Crippen LogP contribution in [-0.2, 0) is 9.53 Å². The molecule has 6 aliphatic rings. The van der Waals surface area contributed by atoms with Crippen molar-refractivity contribution in [3.05, 3.63) is 0 Å². The smallest absolute Gasteiger partial charge is 0.405 e. The summed E-state index contributed by atoms with van der Waals surface area (Å²) in [6, 6.07) is 1.07. The van der Waals surface area contributed by atoms with Crippen molar-refractivity contribution in [1.29, 1.82) is 5.26 Å². The van der Waals surface area contributed by atoms with Crippen LogP contribution in [0, 0.1) is 34.5 Å². The highest BCUT2D eigenvalue weighted by Gasteiger charge is 2.64. The lowest BCUT2D eigenvalue weighted by atomic mass is 9.46. The zero-order valence-electron chi connectivity index (χ0n) is 16.5. The molecule has 0 aromatic rings. The van der Waals surface area contributed by atoms with Crippen LogP contribution in [0.5, 0.6) is 0 Å². The molecule has 5 saturated carbocycles. The lowest BCUT2D eigenvalue weighted by Gasteiger charge is -2.63. The number of carbonyl (C=O) groups is 2. The third-order valence-corrected chi connectivity index (χ3v) is 8.19. The van der Waals surface area contributed by atoms with Gasteiger partial charge in [0.2, 0.25) is 5.91 Å². The summed E-state index contributed by atoms with van der Waals surface area (Å²) in [6.07, 6.45) is 5.68. The predicted octanol–water partition coefficient (Wildman–Crippen LogP) is 1.48. The van der Waals surface area contributed by atoms with Gasteiger partial charge in [0.05, 0.1) is 24.9 Å². The van der Waals surface area contributed by atoms with Gasteiger partial charge in [0.15, 0.2) is 0 Å². The standard InChI is InChI=1S/C21H29N3O5/c22-10-15-4-14-5-16(14)24(15)18(26)17(23-19(27)28)20-6-12-3-13(7-20)9-21(8-12,11-20)29-2-1-25/h12-17,23,25H,1-9,11H2,(H,27,28)/t12-,13?,14+,15-,16-,17+,20+,21-/m0/s1. The molecule has 158 valence electrons. The normalized spacial score (nSPS) is 44.8. The van der Waals surface area contributed by atoms with Gasteiger partial charge in [-0.2, -0.15) is 5.26 Å². The zero-order valence-corrected chi connectivity index (χ0v) is 16.5. The molecule has 1 heterocycles. The Morgan fingerprint density at radius 2 is 1.93 bits per heavy atom. The molecule has 29 heavy (non-hydrogen) atoms. The first-order chi connectivity index (χ1) is 13.9. The fourth-order valence-electron chi connectivity index (χ4n) is 7.66. The molecule has 6 rings (SSSR count). The number of nitriles is 1. The van der Waals surface area contributed by atoms with E-state index >= 15 is 0 Å². The molecule has 1 saturated heterocycles. The Kier molecular flexibility index (Phi) is 4.34. The molecule has 0 spiro atoms. The molecule has 2 amide bonds. The van der Waals surface area contributed by atoms with Crippen LogP contribution in [0.1, 0.15) is 51.4 Å². The minimum atomic E-state index is -1.19. The van der Waals surface area contributed by atoms with Crippen molar-refractivity contribution < 1.29 is 24.5 Å². The van der Waals surface area contributed by atoms with E-state index in [0.717, 1.165) is 38.5 Å². The van der Waals surface area contributed by atoms with E-state index in [4.69, 9.17) is 4.74 Å². The molecule has 1 unspecified atom stereocenters. The van der Waals surface area contributed by atoms with Gasteiger partial charge in [-0.15, -0.1) is 0 Å². The van der Waals surface area contributed by atoms with E-state index in [1.54, 1.807) is 4.90 Å². The summed E-state index contributed by atoms with van der Waals surface area (Å²) in [5.74, 6) is 1.01. The SMILES string of the molecule is N#C[C@@H]1C[C@@H]2C[C@@H]2N1C(=O)[C@@H](NC(=O)O)[C@]12CC3C[C@H](C[C@](OCCO)(C3)C1)C2. The third kappa shape index (κ3) is 3.01. The second-order valence-corrected chi connectivity index (χ2v) is 10.2. The molecule has 0 aromatic heterocycles. The Morgan fingerprint density at radius 1 is 1.21 bits per heavy atom. The Morgan fingerprint density at radius 3 is 2.55 bits per heavy atom. The lowest BCUT2D eigenvalue weighted by molar-refractivity contribution is -0.204. The van der Waals surface area contributed by atoms with Crippen molar-refractivity contribution >= 4 is 12.0 Å². The minimum absolute atomic E-state index is 0.0412. The fourth-order valence-corrected chi connectivity index (χ4v) is 7.66. The van der Waals surface area contributed by atoms with E-state index in [2.05, 4.69) is 11.4 Å². The van der Waals surface area contributed by atoms with Crippen LogP contribution >= 0.6 is 0 Å². The Bertz CT molecular complexity index is 750. The maximum atomic E-state index is 13.7. The molecular weight excluding hydrogens is 374 g/mol. The lowest BCUT2D eigenvalue weighted by Crippen LogP contribution is -2.67. The van der Waals surface area contributed by atoms with Gasteiger partial charge in [-0.05, 0) is 69.1 Å². The number of fused-ring (bicyclic) bond motifs is 1. The van der Waals surface area contributed by atoms with Crippen LogP contribution in [0.2, 0.25) is 0 Å². The number of aliphatic hydroxyl groups is 1. The van der Waals surface area contributed by atoms with E-state index in [1.807, 2.05) is 0 Å². The summed E-state index contributed by atoms with van der Waals surface area (Å²) in [4.78, 5) is 27.1. The molecule has 8 atom stereocenters. The molecule has 0 aromatic carbocycles. The first-order valence-corrected chi connectivity index (χ1v) is 10.8. The summed E-state index contributed by atoms with van der Waals surface area (Å²) in [7, 11) is 0. The minimum Gasteiger partial charge on any atom is -0.465 e. The van der Waals surface area contributed by atoms with Crippen molar-refractivity contribution in [1.82, 2.24) is 10.2 Å². The van der Waals surface area contributed by atoms with Gasteiger partial charge in [0.1, 0.15) is 12.1 Å². The maximum absolute atomic E-state index is 13.7. The number of nitrogens with one attached hydrogen (secondary N) is 1. The third-order valence-electron chi connectivity index (χ3n) is 8.19. The summed E-state index contributed by atoms with van der Waals surface area (Å²) < 4.78 is 6.15. The fraction of sp³-hybridized carbons (Fsp3) is 0.857. The van der Waals surface area contributed by atoms with Gasteiger partial charge in [0, 0.05) is 11.5 Å². The average molecular weight is 403 g/mol. The number of carbonyl (C=O) groups excluding carboxylic acids is 1. The molecular formula is C21H29N3O5. The summed E-state index contributed by atoms with van der Waals surface area (Å²) in [5.41, 5.74) is -0.838. The van der Waals surface area contributed by atoms with Crippen LogP contribution in [0.15, 0.2) is 0 Å². The number of hydrogen-bond donors (Lipinski definition) is 3. The molecule has 5 aliphatic carbocycles. The van der Waals surface area contributed by atoms with E-state index in [-0.39, 0.29) is 30.8 Å². The highest BCUT2D eigenvalue weighted by molar-refractivity contribution is 5.88. The van der Waals surface area contributed by atoms with Crippen molar-refractivity contribution in [2.24, 2.45) is 23.2 Å². The number of hydrogen-bond acceptors (Lipinski definition) is 5. The van der Waals surface area contributed by atoms with E-state index < -0.39 is 23.6 Å². The molecule has 0 radical (unpaired) electrons. The molecule has 6 fully saturated rings. The van der Waals surface area contributed by atoms with Gasteiger partial charge < -0.3 is 25.2 Å². The first kappa shape index (κ1) is 19.1. The Hall–Kier alpha value is -1.85. The van der Waals surface area contributed by atoms with Crippen LogP contribution in [0.3, 0.4) is 0 Å². The molecule has 3 N–H and O–H groups in total. The van der Waals surface area contributed by atoms with Crippen molar-refractivity contribution in [3.8, 4) is 6.07 Å². The first-order valence-electron chi connectivity index (χ1n) is 10.8. The zero-order chi connectivity index (χ0) is 20.4. The maximum Gasteiger partial charge on any atom is 0.405 e. The topological polar surface area (TPSA) is 123 Å². The Labute approximate surface area is 170 Å². The second-order valence-electron chi connectivity index (χ2n) is 10.2. The largest absolute Gasteiger partial charge is 0.465 e. The molecule has 1 aliphatic heterocycles. The van der Waals surface area contributed by atoms with E-state index in [9.17, 15) is 25.1 Å². The Balaban J connectivity index is 1.47. The number of ether oxygens (including phenoxy) is 1. The highest BCUT2D eigenvalue weighted by atomic mass is 16.5. The summed E-state index contributed by atoms with van der Waals surface area (Å²) in [6.45, 7) is 0.230. The van der Waals surface area contributed by atoms with E-state index in [1.165, 1.54) is 0 Å². The number of rotatable bonds is 6.